The van der Waals surface area contributed by atoms with Crippen LogP contribution in [-0.4, -0.2) is 34.9 Å². The van der Waals surface area contributed by atoms with Gasteiger partial charge in [-0.25, -0.2) is 4.98 Å². The van der Waals surface area contributed by atoms with Gasteiger partial charge < -0.3 is 16.0 Å². The van der Waals surface area contributed by atoms with Crippen molar-refractivity contribution in [2.45, 2.75) is 45.6 Å². The molecule has 20 heavy (non-hydrogen) atoms. The number of nitrogens with zero attached hydrogens (tertiary/aromatic N) is 2. The molecule has 2 rings (SSSR count). The van der Waals surface area contributed by atoms with Crippen molar-refractivity contribution >= 4 is 28.2 Å². The number of nitrogen functional groups attached to an aromatic ring is 1. The Morgan fingerprint density at radius 2 is 2.15 bits per heavy atom. The minimum absolute atomic E-state index is 0.0196. The Morgan fingerprint density at radius 3 is 2.65 bits per heavy atom. The number of hydrogen-bond donors (Lipinski definition) is 2. The quantitative estimate of drug-likeness (QED) is 0.896. The van der Waals surface area contributed by atoms with Gasteiger partial charge in [-0.05, 0) is 39.5 Å². The Hall–Kier alpha value is -1.30. The first kappa shape index (κ1) is 15.1. The molecule has 112 valence electrons. The molecule has 3 N–H and O–H groups in total. The van der Waals surface area contributed by atoms with E-state index in [9.17, 15) is 4.79 Å². The van der Waals surface area contributed by atoms with Crippen LogP contribution in [0.5, 0.6) is 0 Å². The number of carbonyl (C=O) groups is 1. The molecule has 1 aliphatic rings. The average molecular weight is 296 g/mol. The molecule has 0 aromatic carbocycles. The van der Waals surface area contributed by atoms with Crippen LogP contribution in [0.1, 0.15) is 49.7 Å². The Labute approximate surface area is 124 Å². The number of thiazole rings is 1. The zero-order valence-corrected chi connectivity index (χ0v) is 13.5. The van der Waals surface area contributed by atoms with E-state index in [4.69, 9.17) is 5.73 Å². The predicted octanol–water partition coefficient (Wildman–Crippen LogP) is 2.81. The molecule has 1 fully saturated rings. The van der Waals surface area contributed by atoms with E-state index >= 15 is 0 Å². The monoisotopic (exact) mass is 296 g/mol. The summed E-state index contributed by atoms with van der Waals surface area (Å²) in [5.74, 6) is 0.964. The third kappa shape index (κ3) is 3.62. The summed E-state index contributed by atoms with van der Waals surface area (Å²) in [5, 5.41) is 3.96. The van der Waals surface area contributed by atoms with Crippen LogP contribution in [0.25, 0.3) is 0 Å². The summed E-state index contributed by atoms with van der Waals surface area (Å²) in [4.78, 5) is 19.0. The molecule has 1 saturated carbocycles. The minimum atomic E-state index is -0.0948. The van der Waals surface area contributed by atoms with E-state index in [1.165, 1.54) is 30.6 Å². The van der Waals surface area contributed by atoms with Crippen LogP contribution in [-0.2, 0) is 0 Å². The maximum atomic E-state index is 12.4. The fraction of sp³-hybridized carbons (Fsp3) is 0.714. The van der Waals surface area contributed by atoms with Crippen molar-refractivity contribution in [2.24, 2.45) is 5.92 Å². The van der Waals surface area contributed by atoms with E-state index in [-0.39, 0.29) is 11.4 Å². The number of rotatable bonds is 4. The number of aromatic nitrogens is 1. The standard InChI is InChI=1S/C14H24N4OS/c1-14(2,3)17-13-16-11(15)10(20-13)12(19)18(4)8-9-6-5-7-9/h9H,5-8,15H2,1-4H3,(H,16,17). The Morgan fingerprint density at radius 1 is 1.50 bits per heavy atom. The largest absolute Gasteiger partial charge is 0.382 e. The Bertz CT molecular complexity index is 488. The molecule has 1 heterocycles. The lowest BCUT2D eigenvalue weighted by Crippen LogP contribution is -2.34. The molecule has 0 aliphatic heterocycles. The van der Waals surface area contributed by atoms with E-state index in [2.05, 4.69) is 31.1 Å². The zero-order valence-electron chi connectivity index (χ0n) is 12.7. The summed E-state index contributed by atoms with van der Waals surface area (Å²) in [7, 11) is 1.84. The van der Waals surface area contributed by atoms with Gasteiger partial charge >= 0.3 is 0 Å². The lowest BCUT2D eigenvalue weighted by atomic mass is 9.85. The maximum absolute atomic E-state index is 12.4. The number of hydrogen-bond acceptors (Lipinski definition) is 5. The lowest BCUT2D eigenvalue weighted by Gasteiger charge is -2.29. The third-order valence-electron chi connectivity index (χ3n) is 3.43. The van der Waals surface area contributed by atoms with Gasteiger partial charge in [0.25, 0.3) is 5.91 Å². The van der Waals surface area contributed by atoms with Gasteiger partial charge in [0.2, 0.25) is 0 Å². The molecule has 0 bridgehead atoms. The fourth-order valence-corrected chi connectivity index (χ4v) is 3.27. The van der Waals surface area contributed by atoms with Crippen molar-refractivity contribution in [1.29, 1.82) is 0 Å². The van der Waals surface area contributed by atoms with Crippen LogP contribution in [0.4, 0.5) is 10.9 Å². The first-order valence-electron chi connectivity index (χ1n) is 7.06. The van der Waals surface area contributed by atoms with Crippen molar-refractivity contribution in [3.8, 4) is 0 Å². The van der Waals surface area contributed by atoms with E-state index < -0.39 is 0 Å². The van der Waals surface area contributed by atoms with Gasteiger partial charge in [0, 0.05) is 19.1 Å². The van der Waals surface area contributed by atoms with E-state index in [1.807, 2.05) is 7.05 Å². The molecule has 0 unspecified atom stereocenters. The van der Waals surface area contributed by atoms with Crippen LogP contribution >= 0.6 is 11.3 Å². The molecule has 0 atom stereocenters. The van der Waals surface area contributed by atoms with Gasteiger partial charge in [-0.3, -0.25) is 4.79 Å². The average Bonchev–Trinajstić information content (AvgIpc) is 2.60. The summed E-state index contributed by atoms with van der Waals surface area (Å²) in [5.41, 5.74) is 5.79. The molecule has 5 nitrogen and oxygen atoms in total. The number of nitrogens with one attached hydrogen (secondary N) is 1. The van der Waals surface area contributed by atoms with Crippen LogP contribution in [0, 0.1) is 5.92 Å². The highest BCUT2D eigenvalue weighted by Crippen LogP contribution is 2.30. The van der Waals surface area contributed by atoms with E-state index in [0.717, 1.165) is 6.54 Å². The first-order valence-corrected chi connectivity index (χ1v) is 7.88. The Balaban J connectivity index is 2.05. The van der Waals surface area contributed by atoms with E-state index in [1.54, 1.807) is 4.90 Å². The second-order valence-electron chi connectivity index (χ2n) is 6.59. The van der Waals surface area contributed by atoms with Gasteiger partial charge in [-0.15, -0.1) is 0 Å². The molecule has 6 heteroatoms. The topological polar surface area (TPSA) is 71.2 Å². The van der Waals surface area contributed by atoms with Crippen molar-refractivity contribution < 1.29 is 4.79 Å². The van der Waals surface area contributed by atoms with Crippen molar-refractivity contribution in [2.75, 3.05) is 24.6 Å². The number of nitrogens with two attached hydrogens (primary N) is 1. The van der Waals surface area contributed by atoms with Crippen molar-refractivity contribution in [3.05, 3.63) is 4.88 Å². The van der Waals surface area contributed by atoms with Crippen LogP contribution < -0.4 is 11.1 Å². The smallest absolute Gasteiger partial charge is 0.267 e. The molecule has 1 aromatic rings. The molecular formula is C14H24N4OS. The predicted molar refractivity (Wildman–Crippen MR) is 84.2 cm³/mol. The number of carbonyl (C=O) groups excluding carboxylic acids is 1. The highest BCUT2D eigenvalue weighted by atomic mass is 32.1. The maximum Gasteiger partial charge on any atom is 0.267 e. The SMILES string of the molecule is CN(CC1CCC1)C(=O)c1sc(NC(C)(C)C)nc1N. The molecule has 1 aliphatic carbocycles. The Kier molecular flexibility index (Phi) is 4.22. The van der Waals surface area contributed by atoms with Crippen LogP contribution in [0.3, 0.4) is 0 Å². The third-order valence-corrected chi connectivity index (χ3v) is 4.41. The van der Waals surface area contributed by atoms with E-state index in [0.29, 0.717) is 21.7 Å². The molecule has 1 amide bonds. The highest BCUT2D eigenvalue weighted by molar-refractivity contribution is 7.18. The minimum Gasteiger partial charge on any atom is -0.382 e. The zero-order chi connectivity index (χ0) is 14.9. The molecule has 0 saturated heterocycles. The van der Waals surface area contributed by atoms with Crippen molar-refractivity contribution in [1.82, 2.24) is 9.88 Å². The normalized spacial score (nSPS) is 15.8. The van der Waals surface area contributed by atoms with Gasteiger partial charge in [-0.1, -0.05) is 17.8 Å². The fourth-order valence-electron chi connectivity index (χ4n) is 2.18. The molecule has 1 aromatic heterocycles. The van der Waals surface area contributed by atoms with Crippen molar-refractivity contribution in [3.63, 3.8) is 0 Å². The molecular weight excluding hydrogens is 272 g/mol. The van der Waals surface area contributed by atoms with Crippen LogP contribution in [0.15, 0.2) is 0 Å². The van der Waals surface area contributed by atoms with Crippen LogP contribution in [0.2, 0.25) is 0 Å². The van der Waals surface area contributed by atoms with Gasteiger partial charge in [0.1, 0.15) is 10.7 Å². The summed E-state index contributed by atoms with van der Waals surface area (Å²) >= 11 is 1.34. The number of amides is 1. The highest BCUT2D eigenvalue weighted by Gasteiger charge is 2.25. The van der Waals surface area contributed by atoms with Gasteiger partial charge in [-0.2, -0.15) is 0 Å². The van der Waals surface area contributed by atoms with Gasteiger partial charge in [0.15, 0.2) is 5.13 Å². The summed E-state index contributed by atoms with van der Waals surface area (Å²) in [6.07, 6.45) is 3.74. The first-order chi connectivity index (χ1) is 9.26. The second-order valence-corrected chi connectivity index (χ2v) is 7.59. The lowest BCUT2D eigenvalue weighted by molar-refractivity contribution is 0.0751. The van der Waals surface area contributed by atoms with Gasteiger partial charge in [0.05, 0.1) is 0 Å². The number of anilines is 2. The molecule has 0 spiro atoms. The summed E-state index contributed by atoms with van der Waals surface area (Å²) in [6.45, 7) is 6.97. The summed E-state index contributed by atoms with van der Waals surface area (Å²) in [6, 6.07) is 0. The summed E-state index contributed by atoms with van der Waals surface area (Å²) < 4.78 is 0. The molecule has 0 radical (unpaired) electrons. The second kappa shape index (κ2) is 5.60.